The highest BCUT2D eigenvalue weighted by atomic mass is 16.7. The van der Waals surface area contributed by atoms with Crippen LogP contribution in [0.2, 0.25) is 0 Å². The van der Waals surface area contributed by atoms with Crippen molar-refractivity contribution >= 4 is 0 Å². The van der Waals surface area contributed by atoms with E-state index in [0.29, 0.717) is 0 Å². The summed E-state index contributed by atoms with van der Waals surface area (Å²) in [5.41, 5.74) is 0. The Labute approximate surface area is 192 Å². The summed E-state index contributed by atoms with van der Waals surface area (Å²) in [4.78, 5) is 0. The Morgan fingerprint density at radius 3 is 1.29 bits per heavy atom. The van der Waals surface area contributed by atoms with E-state index in [1.807, 2.05) is 0 Å². The highest BCUT2D eigenvalue weighted by molar-refractivity contribution is 4.92. The molecule has 200 valence electrons. The smallest absolute Gasteiger partial charge is 0.186 e. The topological polar surface area (TPSA) is 269 Å². The number of rotatable bonds is 7. The monoisotopic (exact) mass is 504 g/mol. The molecule has 3 heterocycles. The highest BCUT2D eigenvalue weighted by Crippen LogP contribution is 2.27. The molecule has 3 aliphatic rings. The van der Waals surface area contributed by atoms with E-state index in [0.717, 1.165) is 0 Å². The lowest BCUT2D eigenvalue weighted by atomic mass is 9.98. The Balaban J connectivity index is 1.58. The van der Waals surface area contributed by atoms with Crippen LogP contribution < -0.4 is 0 Å². The van der Waals surface area contributed by atoms with Gasteiger partial charge in [-0.05, 0) is 0 Å². The normalized spacial score (nSPS) is 52.5. The first kappa shape index (κ1) is 27.9. The second-order valence-electron chi connectivity index (χ2n) is 8.42. The van der Waals surface area contributed by atoms with E-state index in [-0.39, 0.29) is 0 Å². The van der Waals surface area contributed by atoms with Crippen LogP contribution >= 0.6 is 0 Å². The molecule has 0 aromatic heterocycles. The zero-order chi connectivity index (χ0) is 25.3. The SMILES string of the molecule is OC[C@H]1O[C@@H](OC[C@H]2O[C@@H](OC[C@H]3OC(O)[C@H](O)[C@@H](O)[C@H]3O)[C@H](O)[C@@H](O)[C@@H]2O)[C@H](O)[C@@H](O)[C@@H]1O. The molecular formula is C18H32O16. The lowest BCUT2D eigenvalue weighted by molar-refractivity contribution is -0.340. The van der Waals surface area contributed by atoms with Crippen molar-refractivity contribution in [3.05, 3.63) is 0 Å². The molecular weight excluding hydrogens is 472 g/mol. The molecule has 0 spiro atoms. The van der Waals surface area contributed by atoms with E-state index in [9.17, 15) is 56.2 Å². The van der Waals surface area contributed by atoms with Gasteiger partial charge >= 0.3 is 0 Å². The van der Waals surface area contributed by atoms with Crippen molar-refractivity contribution in [3.63, 3.8) is 0 Å². The van der Waals surface area contributed by atoms with E-state index in [4.69, 9.17) is 23.7 Å². The number of aliphatic hydroxyl groups excluding tert-OH is 11. The number of hydrogen-bond donors (Lipinski definition) is 11. The van der Waals surface area contributed by atoms with Gasteiger partial charge < -0.3 is 79.9 Å². The van der Waals surface area contributed by atoms with E-state index in [1.54, 1.807) is 0 Å². The molecule has 0 saturated carbocycles. The fraction of sp³-hybridized carbons (Fsp3) is 1.00. The van der Waals surface area contributed by atoms with Gasteiger partial charge in [-0.1, -0.05) is 0 Å². The summed E-state index contributed by atoms with van der Waals surface area (Å²) < 4.78 is 26.1. The van der Waals surface area contributed by atoms with E-state index in [2.05, 4.69) is 0 Å². The largest absolute Gasteiger partial charge is 0.394 e. The van der Waals surface area contributed by atoms with Gasteiger partial charge in [0.25, 0.3) is 0 Å². The molecule has 3 aliphatic heterocycles. The predicted octanol–water partition coefficient (Wildman–Crippen LogP) is -7.57. The molecule has 3 saturated heterocycles. The molecule has 3 fully saturated rings. The molecule has 0 aromatic rings. The van der Waals surface area contributed by atoms with Crippen LogP contribution in [-0.2, 0) is 23.7 Å². The molecule has 3 rings (SSSR count). The van der Waals surface area contributed by atoms with Crippen molar-refractivity contribution in [2.45, 2.75) is 92.1 Å². The van der Waals surface area contributed by atoms with Crippen LogP contribution in [-0.4, -0.2) is 168 Å². The highest BCUT2D eigenvalue weighted by Gasteiger charge is 2.48. The third-order valence-corrected chi connectivity index (χ3v) is 6.05. The summed E-state index contributed by atoms with van der Waals surface area (Å²) in [6, 6.07) is 0. The first-order valence-corrected chi connectivity index (χ1v) is 10.6. The molecule has 0 amide bonds. The van der Waals surface area contributed by atoms with Gasteiger partial charge in [-0.15, -0.1) is 0 Å². The Morgan fingerprint density at radius 1 is 0.441 bits per heavy atom. The first-order valence-electron chi connectivity index (χ1n) is 10.6. The van der Waals surface area contributed by atoms with Gasteiger partial charge in [0.2, 0.25) is 0 Å². The van der Waals surface area contributed by atoms with Crippen molar-refractivity contribution < 1.29 is 79.9 Å². The molecule has 15 atom stereocenters. The fourth-order valence-corrected chi connectivity index (χ4v) is 3.84. The summed E-state index contributed by atoms with van der Waals surface area (Å²) in [5.74, 6) is 0. The maximum atomic E-state index is 10.2. The van der Waals surface area contributed by atoms with Crippen LogP contribution in [0.1, 0.15) is 0 Å². The minimum absolute atomic E-state index is 0.570. The van der Waals surface area contributed by atoms with Crippen molar-refractivity contribution in [2.24, 2.45) is 0 Å². The predicted molar refractivity (Wildman–Crippen MR) is 101 cm³/mol. The van der Waals surface area contributed by atoms with Crippen molar-refractivity contribution in [1.82, 2.24) is 0 Å². The van der Waals surface area contributed by atoms with Crippen LogP contribution in [0.5, 0.6) is 0 Å². The quantitative estimate of drug-likeness (QED) is 0.154. The number of hydrogen-bond acceptors (Lipinski definition) is 16. The Morgan fingerprint density at radius 2 is 0.824 bits per heavy atom. The zero-order valence-corrected chi connectivity index (χ0v) is 17.7. The van der Waals surface area contributed by atoms with Crippen LogP contribution in [0.25, 0.3) is 0 Å². The lowest BCUT2D eigenvalue weighted by Crippen LogP contribution is -2.62. The van der Waals surface area contributed by atoms with Crippen molar-refractivity contribution in [1.29, 1.82) is 0 Å². The lowest BCUT2D eigenvalue weighted by Gasteiger charge is -2.43. The van der Waals surface area contributed by atoms with E-state index >= 15 is 0 Å². The second kappa shape index (κ2) is 11.6. The molecule has 34 heavy (non-hydrogen) atoms. The minimum atomic E-state index is -1.82. The summed E-state index contributed by atoms with van der Waals surface area (Å²) in [6.07, 6.45) is -24.4. The molecule has 0 radical (unpaired) electrons. The summed E-state index contributed by atoms with van der Waals surface area (Å²) >= 11 is 0. The molecule has 0 bridgehead atoms. The van der Waals surface area contributed by atoms with Crippen LogP contribution in [0, 0.1) is 0 Å². The maximum absolute atomic E-state index is 10.2. The zero-order valence-electron chi connectivity index (χ0n) is 17.7. The summed E-state index contributed by atoms with van der Waals surface area (Å²) in [6.45, 7) is -1.84. The maximum Gasteiger partial charge on any atom is 0.186 e. The Kier molecular flexibility index (Phi) is 9.54. The first-order chi connectivity index (χ1) is 16.0. The van der Waals surface area contributed by atoms with Gasteiger partial charge in [0, 0.05) is 0 Å². The Hall–Kier alpha value is -0.640. The van der Waals surface area contributed by atoms with E-state index in [1.165, 1.54) is 0 Å². The molecule has 16 nitrogen and oxygen atoms in total. The molecule has 1 unspecified atom stereocenters. The molecule has 11 N–H and O–H groups in total. The molecule has 0 aromatic carbocycles. The van der Waals surface area contributed by atoms with Gasteiger partial charge in [0.1, 0.15) is 73.2 Å². The van der Waals surface area contributed by atoms with E-state index < -0.39 is 112 Å². The van der Waals surface area contributed by atoms with Gasteiger partial charge in [-0.3, -0.25) is 0 Å². The standard InChI is InChI=1S/C18H32O16/c19-1-4-7(20)11(24)14(27)17(33-4)31-3-6-9(22)12(25)15(28)18(34-6)30-2-5-8(21)10(23)13(26)16(29)32-5/h4-29H,1-3H2/t4-,5-,6-,7-,8+,9-,10+,11+,12+,13-,14-,15-,16?,17-,18-/m1/s1. The van der Waals surface area contributed by atoms with Crippen LogP contribution in [0.3, 0.4) is 0 Å². The number of aliphatic hydroxyl groups is 11. The van der Waals surface area contributed by atoms with Gasteiger partial charge in [0.05, 0.1) is 19.8 Å². The third kappa shape index (κ3) is 5.68. The molecule has 0 aliphatic carbocycles. The average Bonchev–Trinajstić information content (AvgIpc) is 2.82. The van der Waals surface area contributed by atoms with Gasteiger partial charge in [-0.25, -0.2) is 0 Å². The van der Waals surface area contributed by atoms with Crippen molar-refractivity contribution in [3.8, 4) is 0 Å². The number of ether oxygens (including phenoxy) is 5. The van der Waals surface area contributed by atoms with Gasteiger partial charge in [0.15, 0.2) is 18.9 Å². The summed E-state index contributed by atoms with van der Waals surface area (Å²) in [7, 11) is 0. The van der Waals surface area contributed by atoms with Crippen molar-refractivity contribution in [2.75, 3.05) is 19.8 Å². The summed E-state index contributed by atoms with van der Waals surface area (Å²) in [5, 5.41) is 108. The third-order valence-electron chi connectivity index (χ3n) is 6.05. The second-order valence-corrected chi connectivity index (χ2v) is 8.42. The fourth-order valence-electron chi connectivity index (χ4n) is 3.84. The molecule has 16 heteroatoms. The minimum Gasteiger partial charge on any atom is -0.394 e. The van der Waals surface area contributed by atoms with Crippen LogP contribution in [0.15, 0.2) is 0 Å². The van der Waals surface area contributed by atoms with Gasteiger partial charge in [-0.2, -0.15) is 0 Å². The Bertz CT molecular complexity index is 639. The average molecular weight is 504 g/mol. The van der Waals surface area contributed by atoms with Crippen LogP contribution in [0.4, 0.5) is 0 Å².